The van der Waals surface area contributed by atoms with Gasteiger partial charge in [-0.1, -0.05) is 12.0 Å². The van der Waals surface area contributed by atoms with Gasteiger partial charge in [-0.05, 0) is 84.5 Å². The Hall–Kier alpha value is -1.12. The molecule has 3 heteroatoms. The van der Waals surface area contributed by atoms with Crippen LogP contribution in [0.25, 0.3) is 0 Å². The molecule has 0 radical (unpaired) electrons. The Labute approximate surface area is 148 Å². The van der Waals surface area contributed by atoms with Crippen LogP contribution in [0.5, 0.6) is 0 Å². The summed E-state index contributed by atoms with van der Waals surface area (Å²) in [5, 5.41) is 0. The number of hydrogen-bond acceptors (Lipinski definition) is 3. The Morgan fingerprint density at radius 1 is 1.00 bits per heavy atom. The minimum atomic E-state index is -0.118. The highest BCUT2D eigenvalue weighted by atomic mass is 16.5. The van der Waals surface area contributed by atoms with Gasteiger partial charge in [0, 0.05) is 18.8 Å². The van der Waals surface area contributed by atoms with Gasteiger partial charge >= 0.3 is 5.97 Å². The van der Waals surface area contributed by atoms with Crippen molar-refractivity contribution in [2.24, 2.45) is 65.1 Å². The molecule has 25 heavy (non-hydrogen) atoms. The van der Waals surface area contributed by atoms with Gasteiger partial charge in [0.2, 0.25) is 0 Å². The van der Waals surface area contributed by atoms with Crippen LogP contribution in [0.1, 0.15) is 39.0 Å². The number of Topliss-reactive ketones (excluding diaryl/α,β-unsaturated/α-hetero) is 1. The lowest BCUT2D eigenvalue weighted by molar-refractivity contribution is -0.143. The molecule has 132 valence electrons. The van der Waals surface area contributed by atoms with Gasteiger partial charge in [-0.15, -0.1) is 0 Å². The molecule has 5 fully saturated rings. The van der Waals surface area contributed by atoms with E-state index in [1.807, 2.05) is 0 Å². The Morgan fingerprint density at radius 2 is 1.80 bits per heavy atom. The standard InChI is InChI=1S/C22H26O3/c1-8(23)25-7-13-14-9-3-2-4-10(9)17-18(14)19-16(13)11-5-6-12-15(11)20(19)21(17)22(12)24/h9-11,13-14,16-21H,2-7H2,1H3/t9-,10+,11-,13-,14-,16-,17-,18-,19+,20+,21-/m1/s1. The van der Waals surface area contributed by atoms with Gasteiger partial charge < -0.3 is 4.74 Å². The second kappa shape index (κ2) is 4.23. The van der Waals surface area contributed by atoms with Gasteiger partial charge in [0.15, 0.2) is 5.78 Å². The summed E-state index contributed by atoms with van der Waals surface area (Å²) in [5.41, 5.74) is 2.90. The number of ether oxygens (including phenoxy) is 1. The zero-order chi connectivity index (χ0) is 16.6. The zero-order valence-electron chi connectivity index (χ0n) is 14.8. The number of rotatable bonds is 2. The zero-order valence-corrected chi connectivity index (χ0v) is 14.8. The third kappa shape index (κ3) is 1.32. The molecular formula is C22H26O3. The molecule has 0 aromatic carbocycles. The van der Waals surface area contributed by atoms with Gasteiger partial charge in [-0.2, -0.15) is 0 Å². The van der Waals surface area contributed by atoms with Crippen molar-refractivity contribution in [1.82, 2.24) is 0 Å². The molecule has 3 nitrogen and oxygen atoms in total. The van der Waals surface area contributed by atoms with Gasteiger partial charge in [-0.3, -0.25) is 9.59 Å². The lowest BCUT2D eigenvalue weighted by Gasteiger charge is -2.31. The van der Waals surface area contributed by atoms with Crippen LogP contribution in [0.2, 0.25) is 0 Å². The van der Waals surface area contributed by atoms with Crippen LogP contribution in [0, 0.1) is 65.1 Å². The van der Waals surface area contributed by atoms with Crippen molar-refractivity contribution in [2.45, 2.75) is 39.0 Å². The normalized spacial score (nSPS) is 58.4. The van der Waals surface area contributed by atoms with E-state index in [1.54, 1.807) is 12.5 Å². The van der Waals surface area contributed by atoms with E-state index < -0.39 is 0 Å². The van der Waals surface area contributed by atoms with Crippen molar-refractivity contribution < 1.29 is 14.3 Å². The Morgan fingerprint density at radius 3 is 2.60 bits per heavy atom. The summed E-state index contributed by atoms with van der Waals surface area (Å²) in [4.78, 5) is 24.8. The molecule has 7 aliphatic carbocycles. The van der Waals surface area contributed by atoms with Crippen molar-refractivity contribution in [2.75, 3.05) is 6.61 Å². The number of ketones is 1. The Balaban J connectivity index is 1.40. The molecule has 11 atom stereocenters. The molecule has 0 aliphatic heterocycles. The molecule has 0 N–H and O–H groups in total. The first-order valence-corrected chi connectivity index (χ1v) is 10.6. The summed E-state index contributed by atoms with van der Waals surface area (Å²) >= 11 is 0. The van der Waals surface area contributed by atoms with Crippen molar-refractivity contribution in [3.63, 3.8) is 0 Å². The largest absolute Gasteiger partial charge is 0.466 e. The van der Waals surface area contributed by atoms with E-state index in [0.717, 1.165) is 36.0 Å². The van der Waals surface area contributed by atoms with E-state index in [0.29, 0.717) is 47.9 Å². The number of esters is 1. The maximum Gasteiger partial charge on any atom is 0.302 e. The summed E-state index contributed by atoms with van der Waals surface area (Å²) in [6.45, 7) is 2.21. The molecule has 0 unspecified atom stereocenters. The summed E-state index contributed by atoms with van der Waals surface area (Å²) in [7, 11) is 0. The third-order valence-corrected chi connectivity index (χ3v) is 9.95. The lowest BCUT2D eigenvalue weighted by Crippen LogP contribution is -2.30. The number of carbonyl (C=O) groups excluding carboxylic acids is 2. The van der Waals surface area contributed by atoms with E-state index in [9.17, 15) is 9.59 Å². The van der Waals surface area contributed by atoms with E-state index in [-0.39, 0.29) is 5.97 Å². The summed E-state index contributed by atoms with van der Waals surface area (Å²) in [5.74, 6) is 7.98. The number of carbonyl (C=O) groups is 2. The molecule has 0 amide bonds. The number of fused-ring (bicyclic) bond motifs is 5. The molecule has 0 heterocycles. The highest BCUT2D eigenvalue weighted by Gasteiger charge is 2.78. The first-order chi connectivity index (χ1) is 12.2. The smallest absolute Gasteiger partial charge is 0.302 e. The molecule has 0 aromatic heterocycles. The van der Waals surface area contributed by atoms with Crippen LogP contribution in [0.15, 0.2) is 11.1 Å². The molecule has 0 aromatic rings. The van der Waals surface area contributed by atoms with Crippen molar-refractivity contribution >= 4 is 11.8 Å². The molecule has 5 saturated carbocycles. The molecule has 7 rings (SSSR count). The minimum Gasteiger partial charge on any atom is -0.466 e. The SMILES string of the molecule is CC(=O)OC[C@@H]1[C@H]2[C@@H]3CCC[C@@H]3[C@H]3[C@H]4C(=O)C5=C6[C@H]4[C@H]([C@H]23)[C@@H]1[C@@H]6CC5. The first kappa shape index (κ1) is 14.0. The van der Waals surface area contributed by atoms with Gasteiger partial charge in [-0.25, -0.2) is 0 Å². The molecular weight excluding hydrogens is 312 g/mol. The van der Waals surface area contributed by atoms with Crippen LogP contribution >= 0.6 is 0 Å². The van der Waals surface area contributed by atoms with E-state index in [1.165, 1.54) is 31.3 Å². The van der Waals surface area contributed by atoms with Crippen LogP contribution in [0.4, 0.5) is 0 Å². The lowest BCUT2D eigenvalue weighted by atomic mass is 9.75. The third-order valence-electron chi connectivity index (χ3n) is 9.95. The van der Waals surface area contributed by atoms with E-state index in [4.69, 9.17) is 4.74 Å². The molecule has 0 spiro atoms. The van der Waals surface area contributed by atoms with Crippen LogP contribution in [0.3, 0.4) is 0 Å². The Kier molecular flexibility index (Phi) is 2.37. The number of allylic oxidation sites excluding steroid dienone is 2. The molecule has 0 bridgehead atoms. The minimum absolute atomic E-state index is 0.118. The maximum atomic E-state index is 13.3. The summed E-state index contributed by atoms with van der Waals surface area (Å²) in [6.07, 6.45) is 6.32. The average molecular weight is 338 g/mol. The first-order valence-electron chi connectivity index (χ1n) is 10.6. The second-order valence-corrected chi connectivity index (χ2v) is 10.1. The van der Waals surface area contributed by atoms with Crippen molar-refractivity contribution in [1.29, 1.82) is 0 Å². The fourth-order valence-corrected chi connectivity index (χ4v) is 10.1. The second-order valence-electron chi connectivity index (χ2n) is 10.1. The fraction of sp³-hybridized carbons (Fsp3) is 0.818. The van der Waals surface area contributed by atoms with E-state index in [2.05, 4.69) is 0 Å². The van der Waals surface area contributed by atoms with Crippen molar-refractivity contribution in [3.8, 4) is 0 Å². The maximum absolute atomic E-state index is 13.3. The fourth-order valence-electron chi connectivity index (χ4n) is 10.1. The van der Waals surface area contributed by atoms with Gasteiger partial charge in [0.05, 0.1) is 6.61 Å². The molecule has 0 saturated heterocycles. The Bertz CT molecular complexity index is 750. The van der Waals surface area contributed by atoms with Gasteiger partial charge in [0.1, 0.15) is 0 Å². The van der Waals surface area contributed by atoms with Gasteiger partial charge in [0.25, 0.3) is 0 Å². The van der Waals surface area contributed by atoms with Crippen LogP contribution < -0.4 is 0 Å². The topological polar surface area (TPSA) is 43.4 Å². The predicted molar refractivity (Wildman–Crippen MR) is 90.1 cm³/mol. The van der Waals surface area contributed by atoms with Crippen LogP contribution in [-0.2, 0) is 14.3 Å². The quantitative estimate of drug-likeness (QED) is 0.726. The van der Waals surface area contributed by atoms with E-state index >= 15 is 0 Å². The summed E-state index contributed by atoms with van der Waals surface area (Å²) in [6, 6.07) is 0. The average Bonchev–Trinajstić information content (AvgIpc) is 3.33. The highest BCUT2D eigenvalue weighted by molar-refractivity contribution is 6.03. The predicted octanol–water partition coefficient (Wildman–Crippen LogP) is 3.24. The van der Waals surface area contributed by atoms with Crippen molar-refractivity contribution in [3.05, 3.63) is 11.1 Å². The summed E-state index contributed by atoms with van der Waals surface area (Å²) < 4.78 is 5.63. The highest BCUT2D eigenvalue weighted by Crippen LogP contribution is 2.81. The molecule has 7 aliphatic rings. The number of hydrogen-bond donors (Lipinski definition) is 0. The monoisotopic (exact) mass is 338 g/mol. The van der Waals surface area contributed by atoms with Crippen LogP contribution in [-0.4, -0.2) is 18.4 Å².